The molecule has 1 aromatic rings. The van der Waals surface area contributed by atoms with Crippen molar-refractivity contribution in [3.05, 3.63) is 35.9 Å². The van der Waals surface area contributed by atoms with Gasteiger partial charge in [0.15, 0.2) is 0 Å². The van der Waals surface area contributed by atoms with Crippen LogP contribution in [0.25, 0.3) is 0 Å². The predicted molar refractivity (Wildman–Crippen MR) is 121 cm³/mol. The van der Waals surface area contributed by atoms with Crippen molar-refractivity contribution in [3.63, 3.8) is 0 Å². The zero-order chi connectivity index (χ0) is 20.9. The molecule has 0 aromatic heterocycles. The lowest BCUT2D eigenvalue weighted by Crippen LogP contribution is -2.53. The van der Waals surface area contributed by atoms with Crippen LogP contribution in [0.2, 0.25) is 0 Å². The number of fused-ring (bicyclic) bond motifs is 5. The maximum absolute atomic E-state index is 12.2. The Bertz CT molecular complexity index is 772. The first-order valence-corrected chi connectivity index (χ1v) is 12.5. The maximum Gasteiger partial charge on any atom is 0.132 e. The summed E-state index contributed by atoms with van der Waals surface area (Å²) in [5, 5.41) is 0. The van der Waals surface area contributed by atoms with Gasteiger partial charge in [0, 0.05) is 5.92 Å². The monoisotopic (exact) mass is 408 g/mol. The van der Waals surface area contributed by atoms with Gasteiger partial charge in [-0.15, -0.1) is 0 Å². The van der Waals surface area contributed by atoms with E-state index in [9.17, 15) is 4.79 Å². The van der Waals surface area contributed by atoms with Crippen LogP contribution < -0.4 is 0 Å². The van der Waals surface area contributed by atoms with Crippen LogP contribution >= 0.6 is 0 Å². The van der Waals surface area contributed by atoms with E-state index in [-0.39, 0.29) is 0 Å². The Morgan fingerprint density at radius 1 is 1.00 bits per heavy atom. The summed E-state index contributed by atoms with van der Waals surface area (Å²) < 4.78 is 6.39. The second-order valence-corrected chi connectivity index (χ2v) is 11.8. The third kappa shape index (κ3) is 3.48. The van der Waals surface area contributed by atoms with Crippen molar-refractivity contribution in [1.82, 2.24) is 0 Å². The van der Waals surface area contributed by atoms with Gasteiger partial charge >= 0.3 is 0 Å². The van der Waals surface area contributed by atoms with Crippen molar-refractivity contribution in [1.29, 1.82) is 0 Å². The first-order chi connectivity index (χ1) is 14.4. The molecule has 4 aliphatic rings. The minimum Gasteiger partial charge on any atom is -0.374 e. The summed E-state index contributed by atoms with van der Waals surface area (Å²) in [7, 11) is 0. The maximum atomic E-state index is 12.2. The molecule has 30 heavy (non-hydrogen) atoms. The quantitative estimate of drug-likeness (QED) is 0.546. The molecule has 0 bridgehead atoms. The van der Waals surface area contributed by atoms with Crippen LogP contribution in [-0.4, -0.2) is 11.9 Å². The Morgan fingerprint density at radius 2 is 1.80 bits per heavy atom. The van der Waals surface area contributed by atoms with Crippen LogP contribution in [-0.2, 0) is 16.1 Å². The van der Waals surface area contributed by atoms with Crippen LogP contribution in [0, 0.1) is 40.4 Å². The number of carbonyl (C=O) groups is 1. The highest BCUT2D eigenvalue weighted by atomic mass is 16.5. The zero-order valence-electron chi connectivity index (χ0n) is 19.2. The van der Waals surface area contributed by atoms with Gasteiger partial charge in [-0.1, -0.05) is 44.2 Å². The van der Waals surface area contributed by atoms with Crippen molar-refractivity contribution in [2.24, 2.45) is 40.4 Å². The molecular formula is C28H40O2. The zero-order valence-corrected chi connectivity index (χ0v) is 19.2. The number of ether oxygens (including phenoxy) is 1. The number of Topliss-reactive ketones (excluding diaryl/α,β-unsaturated/α-hetero) is 1. The molecule has 2 heteroatoms. The van der Waals surface area contributed by atoms with E-state index < -0.39 is 0 Å². The van der Waals surface area contributed by atoms with Crippen LogP contribution in [0.3, 0.4) is 0 Å². The van der Waals surface area contributed by atoms with Gasteiger partial charge in [-0.3, -0.25) is 4.79 Å². The first-order valence-electron chi connectivity index (χ1n) is 12.5. The lowest BCUT2D eigenvalue weighted by Gasteiger charge is -2.60. The highest BCUT2D eigenvalue weighted by molar-refractivity contribution is 5.78. The minimum atomic E-state index is 0.339. The van der Waals surface area contributed by atoms with Crippen LogP contribution in [0.4, 0.5) is 0 Å². The second-order valence-electron chi connectivity index (χ2n) is 11.8. The molecule has 0 N–H and O–H groups in total. The molecule has 4 aliphatic carbocycles. The number of rotatable bonds is 4. The molecule has 1 aromatic carbocycles. The molecule has 164 valence electrons. The summed E-state index contributed by atoms with van der Waals surface area (Å²) >= 11 is 0. The summed E-state index contributed by atoms with van der Waals surface area (Å²) in [6.45, 7) is 7.73. The molecule has 4 fully saturated rings. The van der Waals surface area contributed by atoms with E-state index in [4.69, 9.17) is 4.74 Å². The Morgan fingerprint density at radius 3 is 2.57 bits per heavy atom. The molecule has 0 aliphatic heterocycles. The molecule has 0 amide bonds. The van der Waals surface area contributed by atoms with E-state index in [1.165, 1.54) is 56.9 Å². The Hall–Kier alpha value is -1.15. The average Bonchev–Trinajstić information content (AvgIpc) is 3.11. The van der Waals surface area contributed by atoms with Gasteiger partial charge in [0.2, 0.25) is 0 Å². The fraction of sp³-hybridized carbons (Fsp3) is 0.750. The number of benzene rings is 1. The van der Waals surface area contributed by atoms with Crippen molar-refractivity contribution in [2.75, 3.05) is 0 Å². The van der Waals surface area contributed by atoms with E-state index in [1.807, 2.05) is 6.92 Å². The third-order valence-electron chi connectivity index (χ3n) is 10.3. The summed E-state index contributed by atoms with van der Waals surface area (Å²) in [6, 6.07) is 10.6. The fourth-order valence-corrected chi connectivity index (χ4v) is 8.53. The molecular weight excluding hydrogens is 368 g/mol. The molecule has 0 saturated heterocycles. The van der Waals surface area contributed by atoms with E-state index in [1.54, 1.807) is 0 Å². The molecule has 8 atom stereocenters. The molecule has 4 saturated carbocycles. The standard InChI is InChI=1S/C28H40O2/c1-19(29)21-15-26-24-10-9-22-16-23(30-18-20-7-5-4-6-8-20)11-14-28(22,3)25(24)12-13-27(26,2)17-21/h4-8,21-26H,9-18H2,1-3H3/t21-,22-,23+,24+,25-,26-,27+,28-/m1/s1. The molecule has 2 nitrogen and oxygen atoms in total. The van der Waals surface area contributed by atoms with E-state index in [0.717, 1.165) is 36.7 Å². The molecule has 5 rings (SSSR count). The largest absolute Gasteiger partial charge is 0.374 e. The van der Waals surface area contributed by atoms with Gasteiger partial charge in [-0.25, -0.2) is 0 Å². The van der Waals surface area contributed by atoms with E-state index in [2.05, 4.69) is 44.2 Å². The van der Waals surface area contributed by atoms with Crippen molar-refractivity contribution in [3.8, 4) is 0 Å². The van der Waals surface area contributed by atoms with Crippen LogP contribution in [0.5, 0.6) is 0 Å². The highest BCUT2D eigenvalue weighted by Gasteiger charge is 2.59. The van der Waals surface area contributed by atoms with E-state index >= 15 is 0 Å². The number of hydrogen-bond acceptors (Lipinski definition) is 2. The summed E-state index contributed by atoms with van der Waals surface area (Å²) in [4.78, 5) is 12.2. The highest BCUT2D eigenvalue weighted by Crippen LogP contribution is 2.67. The summed E-state index contributed by atoms with van der Waals surface area (Å²) in [5.41, 5.74) is 2.21. The normalized spacial score (nSPS) is 45.3. The van der Waals surface area contributed by atoms with Crippen molar-refractivity contribution in [2.45, 2.75) is 91.3 Å². The number of hydrogen-bond donors (Lipinski definition) is 0. The SMILES string of the molecule is CC(=O)[C@@H]1C[C@@H]2[C@H]3CC[C@@H]4C[C@@H](OCc5ccccc5)CC[C@@]4(C)[C@@H]3CC[C@@]2(C)C1. The van der Waals surface area contributed by atoms with Gasteiger partial charge in [-0.2, -0.15) is 0 Å². The molecule has 0 heterocycles. The topological polar surface area (TPSA) is 26.3 Å². The summed E-state index contributed by atoms with van der Waals surface area (Å²) in [5.74, 6) is 4.12. The molecule has 0 spiro atoms. The van der Waals surface area contributed by atoms with Crippen molar-refractivity contribution < 1.29 is 9.53 Å². The van der Waals surface area contributed by atoms with Gasteiger partial charge in [0.05, 0.1) is 12.7 Å². The smallest absolute Gasteiger partial charge is 0.132 e. The molecule has 0 unspecified atom stereocenters. The first kappa shape index (κ1) is 20.7. The third-order valence-corrected chi connectivity index (χ3v) is 10.3. The Balaban J connectivity index is 1.26. The lowest BCUT2D eigenvalue weighted by atomic mass is 9.45. The van der Waals surface area contributed by atoms with Crippen molar-refractivity contribution >= 4 is 5.78 Å². The van der Waals surface area contributed by atoms with Gasteiger partial charge in [0.1, 0.15) is 5.78 Å². The number of carbonyl (C=O) groups excluding carboxylic acids is 1. The van der Waals surface area contributed by atoms with Crippen LogP contribution in [0.15, 0.2) is 30.3 Å². The fourth-order valence-electron chi connectivity index (χ4n) is 8.53. The minimum absolute atomic E-state index is 0.339. The van der Waals surface area contributed by atoms with Gasteiger partial charge in [0.25, 0.3) is 0 Å². The van der Waals surface area contributed by atoms with E-state index in [0.29, 0.717) is 28.6 Å². The Labute approximate surface area is 183 Å². The number of ketones is 1. The predicted octanol–water partition coefficient (Wildman–Crippen LogP) is 6.82. The van der Waals surface area contributed by atoms with Gasteiger partial charge < -0.3 is 4.74 Å². The molecule has 0 radical (unpaired) electrons. The lowest BCUT2D eigenvalue weighted by molar-refractivity contribution is -0.131. The average molecular weight is 409 g/mol. The summed E-state index contributed by atoms with van der Waals surface area (Å²) in [6.07, 6.45) is 12.1. The van der Waals surface area contributed by atoms with Gasteiger partial charge in [-0.05, 0) is 105 Å². The van der Waals surface area contributed by atoms with Crippen LogP contribution in [0.1, 0.15) is 84.1 Å². The second kappa shape index (κ2) is 7.76. The Kier molecular flexibility index (Phi) is 5.37.